The Morgan fingerprint density at radius 1 is 0.678 bits per heavy atom. The second-order valence-electron chi connectivity index (χ2n) is 22.0. The van der Waals surface area contributed by atoms with Crippen molar-refractivity contribution in [2.24, 2.45) is 35.1 Å². The number of aromatic hydroxyl groups is 2. The quantitative estimate of drug-likeness (QED) is 0.0409. The number of allylic oxidation sites excluding steroid dienone is 6. The molecule has 482 valence electrons. The van der Waals surface area contributed by atoms with Gasteiger partial charge in [-0.3, -0.25) is 19.2 Å². The molecule has 4 bridgehead atoms. The number of Topliss-reactive ketones (excluding diaryl/α,β-unsaturated/α-hetero) is 1. The van der Waals surface area contributed by atoms with Gasteiger partial charge in [0, 0.05) is 101 Å². The fourth-order valence-electron chi connectivity index (χ4n) is 10.2. The van der Waals surface area contributed by atoms with Crippen molar-refractivity contribution in [1.82, 2.24) is 10.6 Å². The van der Waals surface area contributed by atoms with E-state index in [1.54, 1.807) is 82.4 Å². The number of aliphatic hydroxyl groups is 2. The molecule has 1 aliphatic carbocycles. The zero-order valence-corrected chi connectivity index (χ0v) is 53.9. The molecule has 4 amide bonds. The maximum absolute atomic E-state index is 13.6. The number of carbonyl (C=O) groups is 6. The molecular weight excluding hydrogens is 1190 g/mol. The standard InChI is InChI=1S/C32H47N3O8.C32H45N3O8.BrH/c2*1-8-12-34-28-23-13-18(2)14-27(42-7)29(37)21(5)15-20(4)26(43-32(33)40)16-22(41-6)11-9-10-19(3)31(39)35-24(30(23)38)17-25(28)36;/h8-11,15,17-18,21-22,26-27,29,34,36-38H,1,12-14,16H2,2-7H3,(H2,33,40)(H,35,39);8-11,15,17-18,21-22,26-27,29,34,37H,1,12-14,16H2,2-7H3,(H2,33,40)(H,35,39);1H/b2*11-9-,19-10+,20-15+;/t2*18-,21+,22+,26-,27+,29-;/m11./s1. The van der Waals surface area contributed by atoms with E-state index in [1.165, 1.54) is 34.5 Å². The summed E-state index contributed by atoms with van der Waals surface area (Å²) in [4.78, 5) is 76.0. The van der Waals surface area contributed by atoms with Crippen LogP contribution in [0.15, 0.2) is 125 Å². The van der Waals surface area contributed by atoms with Gasteiger partial charge in [-0.15, -0.1) is 30.1 Å². The number of nitrogens with one attached hydrogen (secondary N) is 4. The average molecular weight is 1280 g/mol. The van der Waals surface area contributed by atoms with Crippen LogP contribution >= 0.6 is 17.0 Å². The van der Waals surface area contributed by atoms with Crippen molar-refractivity contribution < 1.29 is 77.6 Å². The molecule has 23 heteroatoms. The first-order valence-corrected chi connectivity index (χ1v) is 28.5. The minimum atomic E-state index is -0.945. The molecule has 0 aromatic heterocycles. The summed E-state index contributed by atoms with van der Waals surface area (Å²) in [5.74, 6) is -3.40. The number of hydrogen-bond donors (Lipinski definition) is 10. The average Bonchev–Trinajstić information content (AvgIpc) is 1.55. The highest BCUT2D eigenvalue weighted by Gasteiger charge is 2.34. The number of anilines is 2. The van der Waals surface area contributed by atoms with E-state index in [0.29, 0.717) is 53.8 Å². The lowest BCUT2D eigenvalue weighted by Crippen LogP contribution is -2.37. The predicted octanol–water partition coefficient (Wildman–Crippen LogP) is 8.05. The lowest BCUT2D eigenvalue weighted by Gasteiger charge is -2.29. The summed E-state index contributed by atoms with van der Waals surface area (Å²) in [5, 5.41) is 55.9. The third-order valence-corrected chi connectivity index (χ3v) is 15.0. The van der Waals surface area contributed by atoms with E-state index in [0.717, 1.165) is 6.08 Å². The Morgan fingerprint density at radius 2 is 1.13 bits per heavy atom. The van der Waals surface area contributed by atoms with Gasteiger partial charge in [-0.05, 0) is 76.4 Å². The first-order chi connectivity index (χ1) is 40.6. The number of phenols is 2. The fraction of sp³-hybridized carbons (Fsp3) is 0.500. The minimum Gasteiger partial charge on any atom is -0.506 e. The molecule has 87 heavy (non-hydrogen) atoms. The van der Waals surface area contributed by atoms with Crippen molar-refractivity contribution in [1.29, 1.82) is 0 Å². The van der Waals surface area contributed by atoms with E-state index in [2.05, 4.69) is 34.4 Å². The molecule has 0 unspecified atom stereocenters. The summed E-state index contributed by atoms with van der Waals surface area (Å²) in [6.45, 7) is 22.2. The molecule has 12 atom stereocenters. The molecule has 22 nitrogen and oxygen atoms in total. The van der Waals surface area contributed by atoms with Gasteiger partial charge in [0.1, 0.15) is 23.7 Å². The van der Waals surface area contributed by atoms with Gasteiger partial charge in [0.2, 0.25) is 11.6 Å². The van der Waals surface area contributed by atoms with Crippen LogP contribution in [0.1, 0.15) is 93.1 Å². The Morgan fingerprint density at radius 3 is 1.56 bits per heavy atom. The number of rotatable bonds is 12. The third kappa shape index (κ3) is 23.5. The summed E-state index contributed by atoms with van der Waals surface area (Å²) < 4.78 is 33.2. The van der Waals surface area contributed by atoms with Gasteiger partial charge in [-0.2, -0.15) is 0 Å². The number of amides is 4. The van der Waals surface area contributed by atoms with Crippen molar-refractivity contribution in [3.05, 3.63) is 131 Å². The Kier molecular flexibility index (Phi) is 32.8. The van der Waals surface area contributed by atoms with Gasteiger partial charge >= 0.3 is 12.2 Å². The highest BCUT2D eigenvalue weighted by atomic mass is 79.9. The van der Waals surface area contributed by atoms with E-state index in [9.17, 15) is 49.2 Å². The summed E-state index contributed by atoms with van der Waals surface area (Å²) in [5.41, 5.74) is 13.7. The van der Waals surface area contributed by atoms with Crippen LogP contribution in [0.2, 0.25) is 0 Å². The lowest BCUT2D eigenvalue weighted by molar-refractivity contribution is -0.120. The van der Waals surface area contributed by atoms with E-state index in [-0.39, 0.29) is 100 Å². The summed E-state index contributed by atoms with van der Waals surface area (Å²) in [6.07, 6.45) is 12.0. The fourth-order valence-corrected chi connectivity index (χ4v) is 10.2. The number of primary amides is 2. The van der Waals surface area contributed by atoms with Gasteiger partial charge in [-0.1, -0.05) is 88.5 Å². The predicted molar refractivity (Wildman–Crippen MR) is 340 cm³/mol. The number of halogens is 1. The normalized spacial score (nSPS) is 29.9. The molecule has 0 saturated heterocycles. The molecule has 0 saturated carbocycles. The number of aliphatic hydroxyl groups excluding tert-OH is 2. The SMILES string of the molecule is Br.C=CCNC1=C2C[C@@H](C)C[C@H](OC)[C@H](O)[C@@H](C)/C=C(\C)[C@H](OC(N)=O)C[C@@H](OC)/C=C\C=C(/C)C(=O)NC(=CC1=O)C2=O.C=CCNc1c(O)cc2c(O)c1C[C@@H](C)C[C@H](OC)[C@H](O)[C@@H](C)/C=C(\C)[C@H](OC(N)=O)C[C@@H](OC)/C=C\C=C(/C)C(=O)N2. The second kappa shape index (κ2) is 37.5. The van der Waals surface area contributed by atoms with Crippen LogP contribution in [0.25, 0.3) is 0 Å². The van der Waals surface area contributed by atoms with E-state index >= 15 is 0 Å². The first-order valence-electron chi connectivity index (χ1n) is 28.5. The number of ketones is 2. The van der Waals surface area contributed by atoms with Crippen LogP contribution in [0.3, 0.4) is 0 Å². The molecule has 1 aromatic carbocycles. The Balaban J connectivity index is 0.000000587. The number of hydrogen-bond acceptors (Lipinski definition) is 18. The Hall–Kier alpha value is -7.12. The number of fused-ring (bicyclic) bond motifs is 4. The Labute approximate surface area is 522 Å². The third-order valence-electron chi connectivity index (χ3n) is 15.0. The lowest BCUT2D eigenvalue weighted by atomic mass is 9.85. The van der Waals surface area contributed by atoms with E-state index < -0.39 is 90.3 Å². The molecule has 12 N–H and O–H groups in total. The van der Waals surface area contributed by atoms with Crippen molar-refractivity contribution >= 4 is 63.9 Å². The van der Waals surface area contributed by atoms with Crippen LogP contribution in [0.4, 0.5) is 21.0 Å². The van der Waals surface area contributed by atoms with Gasteiger partial charge in [0.15, 0.2) is 0 Å². The molecule has 0 fully saturated rings. The van der Waals surface area contributed by atoms with Crippen LogP contribution in [-0.4, -0.2) is 146 Å². The summed E-state index contributed by atoms with van der Waals surface area (Å²) >= 11 is 0. The zero-order valence-electron chi connectivity index (χ0n) is 52.2. The maximum Gasteiger partial charge on any atom is 0.405 e. The molecule has 2 aliphatic heterocycles. The molecular formula is C64H93BrN6O16. The van der Waals surface area contributed by atoms with Crippen LogP contribution < -0.4 is 32.7 Å². The Bertz CT molecular complexity index is 2840. The molecule has 0 spiro atoms. The molecule has 0 radical (unpaired) electrons. The van der Waals surface area contributed by atoms with Gasteiger partial charge in [0.25, 0.3) is 11.8 Å². The van der Waals surface area contributed by atoms with Crippen LogP contribution in [0, 0.1) is 23.7 Å². The number of nitrogens with two attached hydrogens (primary N) is 2. The van der Waals surface area contributed by atoms with E-state index in [1.807, 2.05) is 33.8 Å². The highest BCUT2D eigenvalue weighted by molar-refractivity contribution is 8.93. The smallest absolute Gasteiger partial charge is 0.405 e. The molecule has 2 heterocycles. The zero-order chi connectivity index (χ0) is 64.5. The van der Waals surface area contributed by atoms with Crippen LogP contribution in [0.5, 0.6) is 11.5 Å². The number of phenolic OH excluding ortho intramolecular Hbond substituents is 2. The topological polar surface area (TPSA) is 339 Å². The van der Waals surface area contributed by atoms with Crippen molar-refractivity contribution in [3.8, 4) is 11.5 Å². The van der Waals surface area contributed by atoms with Crippen LogP contribution in [-0.2, 0) is 54.0 Å². The summed E-state index contributed by atoms with van der Waals surface area (Å²) in [6, 6.07) is 1.29. The first kappa shape index (κ1) is 76.0. The summed E-state index contributed by atoms with van der Waals surface area (Å²) in [7, 11) is 6.02. The maximum atomic E-state index is 13.6. The molecule has 3 aliphatic rings. The van der Waals surface area contributed by atoms with Gasteiger partial charge < -0.3 is 81.6 Å². The second-order valence-corrected chi connectivity index (χ2v) is 22.0. The van der Waals surface area contributed by atoms with Crippen molar-refractivity contribution in [2.45, 2.75) is 143 Å². The van der Waals surface area contributed by atoms with Crippen molar-refractivity contribution in [2.75, 3.05) is 52.2 Å². The van der Waals surface area contributed by atoms with Gasteiger partial charge in [-0.25, -0.2) is 9.59 Å². The number of benzene rings is 1. The molecule has 4 rings (SSSR count). The van der Waals surface area contributed by atoms with Crippen molar-refractivity contribution in [3.63, 3.8) is 0 Å². The largest absolute Gasteiger partial charge is 0.506 e. The van der Waals surface area contributed by atoms with E-state index in [4.69, 9.17) is 39.9 Å². The monoisotopic (exact) mass is 1280 g/mol. The van der Waals surface area contributed by atoms with Gasteiger partial charge in [0.05, 0.1) is 59.4 Å². The number of carbonyl (C=O) groups excluding carboxylic acids is 6. The minimum absolute atomic E-state index is 0. The number of methoxy groups -OCH3 is 4. The highest BCUT2D eigenvalue weighted by Crippen LogP contribution is 2.43. The molecule has 1 aromatic rings. The number of ether oxygens (including phenoxy) is 6.